The predicted molar refractivity (Wildman–Crippen MR) is 71.2 cm³/mol. The van der Waals surface area contributed by atoms with Gasteiger partial charge in [-0.2, -0.15) is 12.6 Å². The molecule has 0 aromatic heterocycles. The molecule has 1 N–H and O–H groups in total. The third-order valence-corrected chi connectivity index (χ3v) is 2.75. The Kier molecular flexibility index (Phi) is 5.32. The zero-order chi connectivity index (χ0) is 12.0. The fourth-order valence-electron chi connectivity index (χ4n) is 1.60. The molecule has 1 aromatic carbocycles. The van der Waals surface area contributed by atoms with Crippen molar-refractivity contribution in [1.82, 2.24) is 0 Å². The number of ether oxygens (including phenoxy) is 2. The van der Waals surface area contributed by atoms with Crippen LogP contribution in [0.15, 0.2) is 12.1 Å². The first-order valence-corrected chi connectivity index (χ1v) is 5.94. The van der Waals surface area contributed by atoms with E-state index in [-0.39, 0.29) is 0 Å². The van der Waals surface area contributed by atoms with Gasteiger partial charge >= 0.3 is 0 Å². The highest BCUT2D eigenvalue weighted by molar-refractivity contribution is 7.80. The lowest BCUT2D eigenvalue weighted by atomic mass is 10.1. The Balaban J connectivity index is 2.88. The molecule has 0 aliphatic heterocycles. The van der Waals surface area contributed by atoms with E-state index in [1.807, 2.05) is 19.1 Å². The molecule has 1 rings (SSSR count). The molecule has 3 nitrogen and oxygen atoms in total. The van der Waals surface area contributed by atoms with Crippen molar-refractivity contribution in [3.63, 3.8) is 0 Å². The molecule has 0 atom stereocenters. The minimum atomic E-state index is 0.844. The van der Waals surface area contributed by atoms with Crippen LogP contribution >= 0.6 is 12.6 Å². The Hall–Kier alpha value is -1.03. The van der Waals surface area contributed by atoms with Crippen LogP contribution in [0.2, 0.25) is 0 Å². The van der Waals surface area contributed by atoms with Gasteiger partial charge in [0.15, 0.2) is 0 Å². The molecule has 0 spiro atoms. The van der Waals surface area contributed by atoms with Crippen molar-refractivity contribution < 1.29 is 9.47 Å². The molecule has 0 saturated heterocycles. The van der Waals surface area contributed by atoms with Crippen LogP contribution in [-0.4, -0.2) is 26.5 Å². The van der Waals surface area contributed by atoms with Gasteiger partial charge in [-0.1, -0.05) is 0 Å². The van der Waals surface area contributed by atoms with Gasteiger partial charge < -0.3 is 14.8 Å². The third-order valence-electron chi connectivity index (χ3n) is 2.43. The largest absolute Gasteiger partial charge is 0.496 e. The average molecular weight is 241 g/mol. The van der Waals surface area contributed by atoms with Gasteiger partial charge in [0.25, 0.3) is 0 Å². The van der Waals surface area contributed by atoms with Crippen molar-refractivity contribution in [1.29, 1.82) is 0 Å². The SMILES string of the molecule is COc1ccc(NCCCS)c(OC)c1C. The first kappa shape index (κ1) is 13.0. The molecular weight excluding hydrogens is 222 g/mol. The van der Waals surface area contributed by atoms with Crippen molar-refractivity contribution in [2.75, 3.05) is 31.8 Å². The molecule has 0 amide bonds. The van der Waals surface area contributed by atoms with Gasteiger partial charge in [0.2, 0.25) is 0 Å². The van der Waals surface area contributed by atoms with Crippen molar-refractivity contribution in [3.8, 4) is 11.5 Å². The van der Waals surface area contributed by atoms with Crippen LogP contribution in [0.3, 0.4) is 0 Å². The van der Waals surface area contributed by atoms with E-state index in [1.54, 1.807) is 14.2 Å². The van der Waals surface area contributed by atoms with E-state index in [0.717, 1.165) is 41.5 Å². The topological polar surface area (TPSA) is 30.5 Å². The Bertz CT molecular complexity index is 342. The van der Waals surface area contributed by atoms with E-state index < -0.39 is 0 Å². The maximum atomic E-state index is 5.39. The van der Waals surface area contributed by atoms with Gasteiger partial charge in [-0.3, -0.25) is 0 Å². The molecule has 1 aromatic rings. The van der Waals surface area contributed by atoms with E-state index in [4.69, 9.17) is 9.47 Å². The maximum Gasteiger partial charge on any atom is 0.148 e. The molecule has 0 radical (unpaired) electrons. The third kappa shape index (κ3) is 2.98. The molecule has 4 heteroatoms. The van der Waals surface area contributed by atoms with Crippen LogP contribution in [-0.2, 0) is 0 Å². The standard InChI is InChI=1S/C12H19NO2S/c1-9-11(14-2)6-5-10(12(9)15-3)13-7-4-8-16/h5-6,13,16H,4,7-8H2,1-3H3. The van der Waals surface area contributed by atoms with Gasteiger partial charge in [-0.15, -0.1) is 0 Å². The van der Waals surface area contributed by atoms with Crippen LogP contribution in [0.25, 0.3) is 0 Å². The summed E-state index contributed by atoms with van der Waals surface area (Å²) in [6.45, 7) is 2.88. The highest BCUT2D eigenvalue weighted by Crippen LogP contribution is 2.34. The van der Waals surface area contributed by atoms with Crippen molar-refractivity contribution in [2.45, 2.75) is 13.3 Å². The number of rotatable bonds is 6. The van der Waals surface area contributed by atoms with Crippen LogP contribution < -0.4 is 14.8 Å². The lowest BCUT2D eigenvalue weighted by Crippen LogP contribution is -2.05. The number of nitrogens with one attached hydrogen (secondary N) is 1. The lowest BCUT2D eigenvalue weighted by Gasteiger charge is -2.15. The van der Waals surface area contributed by atoms with Gasteiger partial charge in [-0.25, -0.2) is 0 Å². The lowest BCUT2D eigenvalue weighted by molar-refractivity contribution is 0.390. The Morgan fingerprint density at radius 3 is 2.56 bits per heavy atom. The molecule has 90 valence electrons. The normalized spacial score (nSPS) is 10.0. The molecule has 16 heavy (non-hydrogen) atoms. The van der Waals surface area contributed by atoms with E-state index in [0.29, 0.717) is 0 Å². The monoisotopic (exact) mass is 241 g/mol. The highest BCUT2D eigenvalue weighted by atomic mass is 32.1. The predicted octanol–water partition coefficient (Wildman–Crippen LogP) is 2.74. The second kappa shape index (κ2) is 6.53. The van der Waals surface area contributed by atoms with Gasteiger partial charge in [0.1, 0.15) is 11.5 Å². The Morgan fingerprint density at radius 2 is 2.00 bits per heavy atom. The molecule has 0 fully saturated rings. The molecular formula is C12H19NO2S. The summed E-state index contributed by atoms with van der Waals surface area (Å²) in [5.74, 6) is 2.57. The van der Waals surface area contributed by atoms with Crippen LogP contribution in [0.4, 0.5) is 5.69 Å². The summed E-state index contributed by atoms with van der Waals surface area (Å²) in [6, 6.07) is 3.92. The first-order valence-electron chi connectivity index (χ1n) is 5.31. The van der Waals surface area contributed by atoms with Gasteiger partial charge in [-0.05, 0) is 31.2 Å². The summed E-state index contributed by atoms with van der Waals surface area (Å²) in [5, 5.41) is 3.33. The number of methoxy groups -OCH3 is 2. The fraction of sp³-hybridized carbons (Fsp3) is 0.500. The van der Waals surface area contributed by atoms with Crippen molar-refractivity contribution in [2.24, 2.45) is 0 Å². The summed E-state index contributed by atoms with van der Waals surface area (Å²) in [7, 11) is 3.33. The summed E-state index contributed by atoms with van der Waals surface area (Å²) >= 11 is 4.18. The first-order chi connectivity index (χ1) is 7.74. The quantitative estimate of drug-likeness (QED) is 0.593. The van der Waals surface area contributed by atoms with E-state index in [9.17, 15) is 0 Å². The smallest absolute Gasteiger partial charge is 0.148 e. The fourth-order valence-corrected chi connectivity index (χ4v) is 1.76. The second-order valence-corrected chi connectivity index (χ2v) is 3.92. The summed E-state index contributed by atoms with van der Waals surface area (Å²) in [6.07, 6.45) is 1.03. The van der Waals surface area contributed by atoms with Crippen LogP contribution in [0, 0.1) is 6.92 Å². The molecule has 0 aliphatic carbocycles. The molecule has 0 heterocycles. The van der Waals surface area contributed by atoms with E-state index in [2.05, 4.69) is 17.9 Å². The number of anilines is 1. The summed E-state index contributed by atoms with van der Waals surface area (Å²) in [4.78, 5) is 0. The zero-order valence-corrected chi connectivity index (χ0v) is 10.9. The molecule has 0 unspecified atom stereocenters. The minimum absolute atomic E-state index is 0.844. The molecule has 0 saturated carbocycles. The highest BCUT2D eigenvalue weighted by Gasteiger charge is 2.10. The van der Waals surface area contributed by atoms with Crippen molar-refractivity contribution >= 4 is 18.3 Å². The number of hydrogen-bond donors (Lipinski definition) is 2. The molecule has 0 bridgehead atoms. The van der Waals surface area contributed by atoms with Crippen LogP contribution in [0.5, 0.6) is 11.5 Å². The zero-order valence-electron chi connectivity index (χ0n) is 10.0. The van der Waals surface area contributed by atoms with Crippen molar-refractivity contribution in [3.05, 3.63) is 17.7 Å². The summed E-state index contributed by atoms with van der Waals surface area (Å²) in [5.41, 5.74) is 2.02. The average Bonchev–Trinajstić information content (AvgIpc) is 2.30. The minimum Gasteiger partial charge on any atom is -0.496 e. The Morgan fingerprint density at radius 1 is 1.25 bits per heavy atom. The van der Waals surface area contributed by atoms with Crippen LogP contribution in [0.1, 0.15) is 12.0 Å². The van der Waals surface area contributed by atoms with E-state index in [1.165, 1.54) is 0 Å². The number of hydrogen-bond acceptors (Lipinski definition) is 4. The number of benzene rings is 1. The second-order valence-electron chi connectivity index (χ2n) is 3.48. The van der Waals surface area contributed by atoms with Gasteiger partial charge in [0.05, 0.1) is 19.9 Å². The Labute approximate surface area is 103 Å². The molecule has 0 aliphatic rings. The van der Waals surface area contributed by atoms with E-state index >= 15 is 0 Å². The summed E-state index contributed by atoms with van der Waals surface area (Å²) < 4.78 is 10.6. The van der Waals surface area contributed by atoms with Gasteiger partial charge in [0, 0.05) is 12.1 Å². The maximum absolute atomic E-state index is 5.39. The number of thiol groups is 1.